The third kappa shape index (κ3) is 3.21. The van der Waals surface area contributed by atoms with Crippen molar-refractivity contribution in [3.05, 3.63) is 65.9 Å². The van der Waals surface area contributed by atoms with Crippen LogP contribution in [0.15, 0.2) is 63.9 Å². The summed E-state index contributed by atoms with van der Waals surface area (Å²) in [5, 5.41) is 0.999. The molecule has 2 aromatic carbocycles. The van der Waals surface area contributed by atoms with Crippen LogP contribution in [0.5, 0.6) is 0 Å². The molecule has 0 saturated heterocycles. The molecule has 0 unspecified atom stereocenters. The molecule has 0 spiro atoms. The summed E-state index contributed by atoms with van der Waals surface area (Å²) in [5.41, 5.74) is 1.79. The fourth-order valence-corrected chi connectivity index (χ4v) is 3.09. The maximum atomic E-state index is 12.1. The van der Waals surface area contributed by atoms with Crippen LogP contribution in [0.1, 0.15) is 11.3 Å². The van der Waals surface area contributed by atoms with Crippen molar-refractivity contribution >= 4 is 21.1 Å². The molecule has 0 atom stereocenters. The molecule has 0 fully saturated rings. The first-order valence-electron chi connectivity index (χ1n) is 6.98. The van der Waals surface area contributed by atoms with E-state index in [0.29, 0.717) is 12.2 Å². The van der Waals surface area contributed by atoms with Crippen molar-refractivity contribution in [1.82, 2.24) is 0 Å². The highest BCUT2D eigenvalue weighted by atomic mass is 32.2. The van der Waals surface area contributed by atoms with Crippen LogP contribution in [0.4, 0.5) is 0 Å². The highest BCUT2D eigenvalue weighted by Gasteiger charge is 2.15. The van der Waals surface area contributed by atoms with E-state index in [9.17, 15) is 8.42 Å². The first kappa shape index (κ1) is 14.8. The Balaban J connectivity index is 1.65. The molecule has 3 aromatic rings. The number of rotatable bonds is 5. The van der Waals surface area contributed by atoms with E-state index in [0.717, 1.165) is 16.5 Å². The molecular formula is C17H16O4S. The van der Waals surface area contributed by atoms with Crippen molar-refractivity contribution < 1.29 is 17.0 Å². The summed E-state index contributed by atoms with van der Waals surface area (Å²) in [5.74, 6) is 0.709. The molecular weight excluding hydrogens is 300 g/mol. The Kier molecular flexibility index (Phi) is 4.00. The number of hydrogen-bond donors (Lipinski definition) is 0. The second kappa shape index (κ2) is 5.94. The largest absolute Gasteiger partial charge is 0.461 e. The Bertz CT molecular complexity index is 843. The van der Waals surface area contributed by atoms with E-state index in [1.54, 1.807) is 24.3 Å². The van der Waals surface area contributed by atoms with Crippen molar-refractivity contribution in [3.63, 3.8) is 0 Å². The lowest BCUT2D eigenvalue weighted by Gasteiger charge is -2.05. The van der Waals surface area contributed by atoms with Gasteiger partial charge in [-0.05, 0) is 31.2 Å². The summed E-state index contributed by atoms with van der Waals surface area (Å²) >= 11 is 0. The fraction of sp³-hybridized carbons (Fsp3) is 0.176. The standard InChI is InChI=1S/C17H16O4S/c1-13-6-8-16(9-7-13)22(18,19)20-11-10-15-12-14-4-2-3-5-17(14)21-15/h2-9,12H,10-11H2,1H3. The van der Waals surface area contributed by atoms with Gasteiger partial charge in [-0.1, -0.05) is 35.9 Å². The summed E-state index contributed by atoms with van der Waals surface area (Å²) in [6, 6.07) is 16.1. The highest BCUT2D eigenvalue weighted by Crippen LogP contribution is 2.20. The van der Waals surface area contributed by atoms with Crippen LogP contribution >= 0.6 is 0 Å². The molecule has 0 aliphatic heterocycles. The molecule has 0 radical (unpaired) electrons. The van der Waals surface area contributed by atoms with Crippen molar-refractivity contribution in [1.29, 1.82) is 0 Å². The summed E-state index contributed by atoms with van der Waals surface area (Å²) in [6.45, 7) is 1.95. The van der Waals surface area contributed by atoms with Crippen LogP contribution in [0, 0.1) is 6.92 Å². The normalized spacial score (nSPS) is 11.9. The summed E-state index contributed by atoms with van der Waals surface area (Å²) in [4.78, 5) is 0.169. The average molecular weight is 316 g/mol. The molecule has 114 valence electrons. The number of benzene rings is 2. The van der Waals surface area contributed by atoms with Crippen LogP contribution in [0.25, 0.3) is 11.0 Å². The van der Waals surface area contributed by atoms with Crippen molar-refractivity contribution in [2.75, 3.05) is 6.61 Å². The quantitative estimate of drug-likeness (QED) is 0.674. The number of fused-ring (bicyclic) bond motifs is 1. The lowest BCUT2D eigenvalue weighted by atomic mass is 10.2. The van der Waals surface area contributed by atoms with Gasteiger partial charge in [0.1, 0.15) is 11.3 Å². The monoisotopic (exact) mass is 316 g/mol. The predicted octanol–water partition coefficient (Wildman–Crippen LogP) is 3.69. The fourth-order valence-electron chi connectivity index (χ4n) is 2.19. The van der Waals surface area contributed by atoms with Gasteiger partial charge in [-0.15, -0.1) is 0 Å². The van der Waals surface area contributed by atoms with E-state index < -0.39 is 10.1 Å². The van der Waals surface area contributed by atoms with Crippen LogP contribution in [-0.2, 0) is 20.7 Å². The Hall–Kier alpha value is -2.11. The van der Waals surface area contributed by atoms with Gasteiger partial charge in [0.15, 0.2) is 0 Å². The molecule has 0 bridgehead atoms. The molecule has 4 nitrogen and oxygen atoms in total. The van der Waals surface area contributed by atoms with Gasteiger partial charge < -0.3 is 4.42 Å². The average Bonchev–Trinajstić information content (AvgIpc) is 2.90. The SMILES string of the molecule is Cc1ccc(S(=O)(=O)OCCc2cc3ccccc3o2)cc1. The van der Waals surface area contributed by atoms with Crippen LogP contribution in [-0.4, -0.2) is 15.0 Å². The van der Waals surface area contributed by atoms with Crippen molar-refractivity contribution in [3.8, 4) is 0 Å². The maximum Gasteiger partial charge on any atom is 0.296 e. The smallest absolute Gasteiger partial charge is 0.296 e. The zero-order valence-corrected chi connectivity index (χ0v) is 13.0. The topological polar surface area (TPSA) is 56.5 Å². The van der Waals surface area contributed by atoms with E-state index in [2.05, 4.69) is 0 Å². The number of furan rings is 1. The van der Waals surface area contributed by atoms with E-state index in [1.165, 1.54) is 0 Å². The zero-order chi connectivity index (χ0) is 15.6. The van der Waals surface area contributed by atoms with E-state index >= 15 is 0 Å². The molecule has 0 saturated carbocycles. The van der Waals surface area contributed by atoms with Gasteiger partial charge in [0, 0.05) is 11.8 Å². The predicted molar refractivity (Wildman–Crippen MR) is 84.2 cm³/mol. The minimum Gasteiger partial charge on any atom is -0.461 e. The maximum absolute atomic E-state index is 12.1. The van der Waals surface area contributed by atoms with Gasteiger partial charge in [0.2, 0.25) is 0 Å². The minimum absolute atomic E-state index is 0.0516. The molecule has 0 aliphatic carbocycles. The van der Waals surface area contributed by atoms with E-state index in [-0.39, 0.29) is 11.5 Å². The molecule has 0 N–H and O–H groups in total. The lowest BCUT2D eigenvalue weighted by molar-refractivity contribution is 0.312. The number of para-hydroxylation sites is 1. The molecule has 5 heteroatoms. The minimum atomic E-state index is -3.72. The first-order chi connectivity index (χ1) is 10.5. The lowest BCUT2D eigenvalue weighted by Crippen LogP contribution is -2.09. The highest BCUT2D eigenvalue weighted by molar-refractivity contribution is 7.86. The second-order valence-electron chi connectivity index (χ2n) is 5.09. The van der Waals surface area contributed by atoms with Crippen LogP contribution < -0.4 is 0 Å². The van der Waals surface area contributed by atoms with Gasteiger partial charge in [0.05, 0.1) is 11.5 Å². The van der Waals surface area contributed by atoms with Gasteiger partial charge >= 0.3 is 0 Å². The summed E-state index contributed by atoms with van der Waals surface area (Å²) in [7, 11) is -3.72. The van der Waals surface area contributed by atoms with Gasteiger partial charge in [0.25, 0.3) is 10.1 Å². The van der Waals surface area contributed by atoms with E-state index in [4.69, 9.17) is 8.60 Å². The molecule has 0 amide bonds. The molecule has 1 heterocycles. The Morgan fingerprint density at radius 2 is 1.77 bits per heavy atom. The molecule has 1 aromatic heterocycles. The Morgan fingerprint density at radius 1 is 1.05 bits per heavy atom. The zero-order valence-electron chi connectivity index (χ0n) is 12.2. The third-order valence-corrected chi connectivity index (χ3v) is 4.70. The summed E-state index contributed by atoms with van der Waals surface area (Å²) < 4.78 is 34.8. The molecule has 3 rings (SSSR count). The van der Waals surface area contributed by atoms with Gasteiger partial charge in [-0.25, -0.2) is 0 Å². The first-order valence-corrected chi connectivity index (χ1v) is 8.39. The molecule has 22 heavy (non-hydrogen) atoms. The summed E-state index contributed by atoms with van der Waals surface area (Å²) in [6.07, 6.45) is 0.403. The van der Waals surface area contributed by atoms with Crippen molar-refractivity contribution in [2.24, 2.45) is 0 Å². The Labute approximate surface area is 129 Å². The number of aryl methyl sites for hydroxylation is 1. The van der Waals surface area contributed by atoms with Gasteiger partial charge in [-0.3, -0.25) is 4.18 Å². The molecule has 0 aliphatic rings. The van der Waals surface area contributed by atoms with Crippen LogP contribution in [0.3, 0.4) is 0 Å². The van der Waals surface area contributed by atoms with E-state index in [1.807, 2.05) is 37.3 Å². The second-order valence-corrected chi connectivity index (χ2v) is 6.71. The number of hydrogen-bond acceptors (Lipinski definition) is 4. The van der Waals surface area contributed by atoms with Crippen molar-refractivity contribution in [2.45, 2.75) is 18.2 Å². The van der Waals surface area contributed by atoms with Gasteiger partial charge in [-0.2, -0.15) is 8.42 Å². The third-order valence-electron chi connectivity index (χ3n) is 3.37. The Morgan fingerprint density at radius 3 is 2.50 bits per heavy atom. The van der Waals surface area contributed by atoms with Crippen LogP contribution in [0.2, 0.25) is 0 Å².